The van der Waals surface area contributed by atoms with E-state index in [4.69, 9.17) is 0 Å². The Morgan fingerprint density at radius 2 is 0.694 bits per heavy atom. The van der Waals surface area contributed by atoms with Gasteiger partial charge in [0.2, 0.25) is 0 Å². The molecule has 0 amide bonds. The first kappa shape index (κ1) is 46.0. The minimum absolute atomic E-state index is 0.340. The second-order valence-electron chi connectivity index (χ2n) is 20.8. The zero-order valence-electron chi connectivity index (χ0n) is 34.6. The Hall–Kier alpha value is 0.864. The standard InChI is InChI=1S/C27H59BSe2Si6.2C6H5.Sn/c1-31(2,3)25(32(4,5)6)21-19-22(26(33(7,8)9)34(10,11)12)24(28(29)30)23(20-21)27(35(13,14)15)36(16,17)18;2*1-2-4-6-5-3-1;/h19-20,25-27H,1-18H3;2*1-5H;. The number of benzene rings is 3. The summed E-state index contributed by atoms with van der Waals surface area (Å²) in [5, 5.41) is 2.30. The Labute approximate surface area is 337 Å². The van der Waals surface area contributed by atoms with Crippen LogP contribution in [0.15, 0.2) is 72.8 Å². The predicted molar refractivity (Wildman–Crippen MR) is 250 cm³/mol. The summed E-state index contributed by atoms with van der Waals surface area (Å²) >= 11 is 6.65. The average molecular weight is 994 g/mol. The molecule has 0 aliphatic heterocycles. The maximum absolute atomic E-state index is 3.59. The number of hydrogen-bond donors (Lipinski definition) is 0. The van der Waals surface area contributed by atoms with Crippen LogP contribution in [0.4, 0.5) is 0 Å². The van der Waals surface area contributed by atoms with E-state index >= 15 is 0 Å². The van der Waals surface area contributed by atoms with Crippen LogP contribution in [-0.4, -0.2) is 106 Å². The van der Waals surface area contributed by atoms with E-state index in [1.165, 1.54) is 7.16 Å². The molecule has 49 heavy (non-hydrogen) atoms. The van der Waals surface area contributed by atoms with Gasteiger partial charge in [0.25, 0.3) is 0 Å². The van der Waals surface area contributed by atoms with Crippen molar-refractivity contribution < 1.29 is 0 Å². The Kier molecular flexibility index (Phi) is 16.5. The molecule has 3 aromatic carbocycles. The zero-order valence-corrected chi connectivity index (χ0v) is 46.8. The van der Waals surface area contributed by atoms with Crippen LogP contribution in [0.3, 0.4) is 0 Å². The van der Waals surface area contributed by atoms with E-state index in [1.807, 2.05) is 0 Å². The quantitative estimate of drug-likeness (QED) is 0.159. The van der Waals surface area contributed by atoms with Gasteiger partial charge in [0.05, 0.1) is 0 Å². The molecule has 3 aromatic rings. The van der Waals surface area contributed by atoms with Crippen molar-refractivity contribution in [2.75, 3.05) is 0 Å². The van der Waals surface area contributed by atoms with Crippen molar-refractivity contribution in [2.45, 2.75) is 133 Å². The fraction of sp³-hybridized carbons (Fsp3) is 0.538. The van der Waals surface area contributed by atoms with Gasteiger partial charge >= 0.3 is 341 Å². The van der Waals surface area contributed by atoms with Crippen LogP contribution >= 0.6 is 0 Å². The number of rotatable bonds is 12. The fourth-order valence-corrected chi connectivity index (χ4v) is 52.0. The van der Waals surface area contributed by atoms with Crippen molar-refractivity contribution in [3.8, 4) is 0 Å². The molecule has 0 saturated heterocycles. The van der Waals surface area contributed by atoms with Crippen LogP contribution in [0, 0.1) is 0 Å². The van der Waals surface area contributed by atoms with Crippen molar-refractivity contribution >= 4 is 118 Å². The third kappa shape index (κ3) is 13.6. The van der Waals surface area contributed by atoms with Crippen LogP contribution in [0.2, 0.25) is 118 Å². The van der Waals surface area contributed by atoms with Crippen LogP contribution < -0.4 is 12.6 Å². The summed E-state index contributed by atoms with van der Waals surface area (Å²) in [6, 6.07) is 27.2. The van der Waals surface area contributed by atoms with Crippen molar-refractivity contribution in [3.05, 3.63) is 89.5 Å². The molecule has 0 unspecified atom stereocenters. The van der Waals surface area contributed by atoms with E-state index in [1.54, 1.807) is 22.2 Å². The molecule has 0 saturated carbocycles. The summed E-state index contributed by atoms with van der Waals surface area (Å²) in [7, 11) is -8.67. The minimum atomic E-state index is -1.46. The van der Waals surface area contributed by atoms with Crippen molar-refractivity contribution in [2.24, 2.45) is 0 Å². The summed E-state index contributed by atoms with van der Waals surface area (Å²) < 4.78 is 3.42. The number of hydrogen-bond acceptors (Lipinski definition) is 0. The first-order valence-electron chi connectivity index (χ1n) is 18.3. The van der Waals surface area contributed by atoms with E-state index in [0.29, 0.717) is 4.34 Å². The first-order chi connectivity index (χ1) is 22.0. The molecule has 0 spiro atoms. The molecule has 10 heteroatoms. The third-order valence-corrected chi connectivity index (χ3v) is 41.9. The SMILES string of the molecule is C[Si](C)(C)C(c1cc(C([Si](C)(C)C)[Si](C)(C)C)c(B([Se])[Se])c(C([Si](C)(C)C)[Si](C)(C)C)c1)[Si](C)(C)C.c1cc[c]([Sn][c]2ccccc2)cc1. The molecule has 268 valence electrons. The van der Waals surface area contributed by atoms with Gasteiger partial charge in [0.1, 0.15) is 0 Å². The van der Waals surface area contributed by atoms with Gasteiger partial charge in [-0.2, -0.15) is 0 Å². The van der Waals surface area contributed by atoms with E-state index in [2.05, 4.69) is 222 Å². The Bertz CT molecular complexity index is 1340. The molecule has 0 aliphatic rings. The predicted octanol–water partition coefficient (Wildman–Crippen LogP) is 9.58. The fourth-order valence-electron chi connectivity index (χ4n) is 9.61. The van der Waals surface area contributed by atoms with Gasteiger partial charge in [0, 0.05) is 0 Å². The van der Waals surface area contributed by atoms with Gasteiger partial charge < -0.3 is 0 Å². The molecule has 0 fully saturated rings. The third-order valence-electron chi connectivity index (χ3n) is 9.49. The second kappa shape index (κ2) is 17.6. The van der Waals surface area contributed by atoms with Crippen LogP contribution in [0.25, 0.3) is 0 Å². The van der Waals surface area contributed by atoms with Crippen molar-refractivity contribution in [3.63, 3.8) is 0 Å². The van der Waals surface area contributed by atoms with Gasteiger partial charge in [-0.1, -0.05) is 0 Å². The van der Waals surface area contributed by atoms with E-state index in [9.17, 15) is 0 Å². The molecule has 0 heterocycles. The molecular weight excluding hydrogens is 924 g/mol. The molecule has 0 bridgehead atoms. The maximum atomic E-state index is 3.59. The monoisotopic (exact) mass is 996 g/mol. The Balaban J connectivity index is 0.000000526. The van der Waals surface area contributed by atoms with Crippen LogP contribution in [0.5, 0.6) is 0 Å². The molecule has 0 aromatic heterocycles. The van der Waals surface area contributed by atoms with E-state index < -0.39 is 69.6 Å². The normalized spacial score (nSPS) is 13.5. The molecule has 3 rings (SSSR count). The molecular formula is C39H69BSe2Si6Sn. The van der Waals surface area contributed by atoms with Crippen molar-refractivity contribution in [1.29, 1.82) is 0 Å². The molecule has 4 radical (unpaired) electrons. The molecule has 0 atom stereocenters. The second-order valence-corrected chi connectivity index (χ2v) is 61.9. The summed E-state index contributed by atoms with van der Waals surface area (Å²) in [4.78, 5) is 0. The van der Waals surface area contributed by atoms with Gasteiger partial charge in [-0.15, -0.1) is 0 Å². The topological polar surface area (TPSA) is 0 Å². The van der Waals surface area contributed by atoms with Gasteiger partial charge in [-0.05, 0) is 0 Å². The Morgan fingerprint density at radius 3 is 0.918 bits per heavy atom. The Morgan fingerprint density at radius 1 is 0.429 bits per heavy atom. The molecule has 0 aliphatic carbocycles. The molecule has 0 N–H and O–H groups in total. The van der Waals surface area contributed by atoms with Crippen LogP contribution in [0.1, 0.15) is 32.2 Å². The summed E-state index contributed by atoms with van der Waals surface area (Å²) in [6.45, 7) is 47.5. The van der Waals surface area contributed by atoms with E-state index in [0.717, 1.165) is 15.5 Å². The molecule has 0 nitrogen and oxygen atoms in total. The summed E-state index contributed by atoms with van der Waals surface area (Å²) in [5.74, 6) is 0. The van der Waals surface area contributed by atoms with Crippen molar-refractivity contribution in [1.82, 2.24) is 0 Å². The van der Waals surface area contributed by atoms with E-state index in [-0.39, 0.29) is 0 Å². The summed E-state index contributed by atoms with van der Waals surface area (Å²) in [6.07, 6.45) is 0. The zero-order chi connectivity index (χ0) is 38.0. The van der Waals surface area contributed by atoms with Gasteiger partial charge in [-0.3, -0.25) is 0 Å². The summed E-state index contributed by atoms with van der Waals surface area (Å²) in [5.41, 5.74) is 6.91. The van der Waals surface area contributed by atoms with Gasteiger partial charge in [0.15, 0.2) is 0 Å². The average Bonchev–Trinajstić information content (AvgIpc) is 2.85. The van der Waals surface area contributed by atoms with Crippen LogP contribution in [-0.2, 0) is 0 Å². The first-order valence-corrected chi connectivity index (χ1v) is 44.6. The van der Waals surface area contributed by atoms with Gasteiger partial charge in [-0.25, -0.2) is 0 Å².